The molecule has 1 aliphatic heterocycles. The molecule has 1 saturated heterocycles. The van der Waals surface area contributed by atoms with Crippen molar-refractivity contribution < 1.29 is 14.6 Å². The molecule has 5 unspecified atom stereocenters. The number of piperidine rings is 1. The van der Waals surface area contributed by atoms with Crippen molar-refractivity contribution in [1.82, 2.24) is 0 Å². The predicted molar refractivity (Wildman–Crippen MR) is 110 cm³/mol. The van der Waals surface area contributed by atoms with Crippen molar-refractivity contribution in [3.8, 4) is 5.75 Å². The number of hydrogen-bond acceptors (Lipinski definition) is 3. The first-order valence-electron chi connectivity index (χ1n) is 10.5. The van der Waals surface area contributed by atoms with Gasteiger partial charge in [-0.25, -0.2) is 0 Å². The summed E-state index contributed by atoms with van der Waals surface area (Å²) in [6.45, 7) is 4.57. The molecular formula is C24H29NO3. The lowest BCUT2D eigenvalue weighted by Gasteiger charge is -2.50. The highest BCUT2D eigenvalue weighted by molar-refractivity contribution is 5.91. The van der Waals surface area contributed by atoms with Crippen LogP contribution in [0.5, 0.6) is 5.75 Å². The third kappa shape index (κ3) is 3.36. The number of rotatable bonds is 5. The molecule has 1 N–H and O–H groups in total. The Hall–Kier alpha value is -2.17. The Balaban J connectivity index is 1.70. The molecule has 0 radical (unpaired) electrons. The van der Waals surface area contributed by atoms with Crippen molar-refractivity contribution in [1.29, 1.82) is 0 Å². The van der Waals surface area contributed by atoms with Gasteiger partial charge in [0.1, 0.15) is 11.8 Å². The third-order valence-corrected chi connectivity index (χ3v) is 6.52. The number of carbonyl (C=O) groups excluding carboxylic acids is 1. The highest BCUT2D eigenvalue weighted by Crippen LogP contribution is 2.42. The minimum atomic E-state index is -0.465. The van der Waals surface area contributed by atoms with E-state index in [1.807, 2.05) is 38.1 Å². The van der Waals surface area contributed by atoms with Gasteiger partial charge in [-0.2, -0.15) is 0 Å². The molecule has 0 amide bonds. The Morgan fingerprint density at radius 1 is 1.14 bits per heavy atom. The van der Waals surface area contributed by atoms with Crippen molar-refractivity contribution in [2.24, 2.45) is 5.92 Å². The fourth-order valence-corrected chi connectivity index (χ4v) is 5.22. The molecule has 4 nitrogen and oxygen atoms in total. The number of aryl methyl sites for hydroxylation is 1. The zero-order valence-corrected chi connectivity index (χ0v) is 16.7. The van der Waals surface area contributed by atoms with Crippen molar-refractivity contribution >= 4 is 5.78 Å². The van der Waals surface area contributed by atoms with Gasteiger partial charge in [-0.05, 0) is 48.6 Å². The number of quaternary nitrogens is 1. The maximum Gasteiger partial charge on any atom is 0.198 e. The van der Waals surface area contributed by atoms with Crippen LogP contribution in [0, 0.1) is 11.1 Å². The van der Waals surface area contributed by atoms with Crippen LogP contribution in [0.15, 0.2) is 48.5 Å². The zero-order chi connectivity index (χ0) is 19.7. The maximum atomic E-state index is 13.3. The Labute approximate surface area is 167 Å². The number of ketones is 1. The second-order valence-corrected chi connectivity index (χ2v) is 8.04. The summed E-state index contributed by atoms with van der Waals surface area (Å²) >= 11 is 0. The van der Waals surface area contributed by atoms with E-state index in [1.54, 1.807) is 0 Å². The molecule has 148 valence electrons. The number of nitrogens with one attached hydrogen (secondary N) is 1. The first kappa shape index (κ1) is 19.2. The van der Waals surface area contributed by atoms with Crippen LogP contribution in [-0.4, -0.2) is 24.5 Å². The molecule has 0 bridgehead atoms. The molecule has 1 heterocycles. The number of ether oxygens (including phenoxy) is 1. The van der Waals surface area contributed by atoms with E-state index in [1.165, 1.54) is 11.1 Å². The number of hydroxylamine groups is 2. The summed E-state index contributed by atoms with van der Waals surface area (Å²) in [4.78, 5) is 13.3. The Kier molecular flexibility index (Phi) is 5.51. The van der Waals surface area contributed by atoms with Crippen LogP contribution >= 0.6 is 0 Å². The summed E-state index contributed by atoms with van der Waals surface area (Å²) in [7, 11) is 0. The van der Waals surface area contributed by atoms with Gasteiger partial charge >= 0.3 is 0 Å². The number of Topliss-reactive ketones (excluding diaryl/α,β-unsaturated/α-hetero) is 1. The number of hydrogen-bond donors (Lipinski definition) is 1. The van der Waals surface area contributed by atoms with E-state index in [0.29, 0.717) is 13.0 Å². The lowest BCUT2D eigenvalue weighted by Crippen LogP contribution is -3.18. The first-order valence-corrected chi connectivity index (χ1v) is 10.5. The molecule has 4 heteroatoms. The van der Waals surface area contributed by atoms with Gasteiger partial charge in [0.25, 0.3) is 0 Å². The molecule has 28 heavy (non-hydrogen) atoms. The minimum absolute atomic E-state index is 0.0743. The summed E-state index contributed by atoms with van der Waals surface area (Å²) < 4.78 is 5.66. The minimum Gasteiger partial charge on any atom is -0.634 e. The fourth-order valence-electron chi connectivity index (χ4n) is 5.22. The molecule has 2 aliphatic rings. The van der Waals surface area contributed by atoms with E-state index in [0.717, 1.165) is 30.6 Å². The van der Waals surface area contributed by atoms with Crippen molar-refractivity contribution in [2.75, 3.05) is 6.61 Å². The monoisotopic (exact) mass is 379 g/mol. The molecule has 2 aromatic carbocycles. The van der Waals surface area contributed by atoms with E-state index in [9.17, 15) is 10.0 Å². The second kappa shape index (κ2) is 8.06. The topological polar surface area (TPSA) is 53.8 Å². The van der Waals surface area contributed by atoms with Gasteiger partial charge in [0, 0.05) is 18.8 Å². The van der Waals surface area contributed by atoms with Gasteiger partial charge in [0.05, 0.1) is 18.6 Å². The molecule has 5 atom stereocenters. The normalized spacial score (nSPS) is 29.1. The molecule has 2 aromatic rings. The predicted octanol–water partition coefficient (Wildman–Crippen LogP) is 3.09. The van der Waals surface area contributed by atoms with Crippen molar-refractivity contribution in [3.63, 3.8) is 0 Å². The summed E-state index contributed by atoms with van der Waals surface area (Å²) in [6, 6.07) is 15.8. The molecule has 0 aromatic heterocycles. The number of carbonyl (C=O) groups is 1. The SMILES string of the molecule is CCOc1ccc2c(c1)CCC1C2C(=O)C(CC)[NH+]([O-])C1Cc1ccccc1. The largest absolute Gasteiger partial charge is 0.634 e. The molecule has 1 aliphatic carbocycles. The van der Waals surface area contributed by atoms with E-state index < -0.39 is 6.04 Å². The summed E-state index contributed by atoms with van der Waals surface area (Å²) in [5, 5.41) is 13.4. The van der Waals surface area contributed by atoms with Gasteiger partial charge in [0.2, 0.25) is 0 Å². The van der Waals surface area contributed by atoms with Crippen LogP contribution in [0.2, 0.25) is 0 Å². The lowest BCUT2D eigenvalue weighted by molar-refractivity contribution is -0.900. The number of fused-ring (bicyclic) bond motifs is 3. The van der Waals surface area contributed by atoms with Crippen molar-refractivity contribution in [3.05, 3.63) is 70.4 Å². The lowest BCUT2D eigenvalue weighted by atomic mass is 9.65. The molecule has 1 fully saturated rings. The first-order chi connectivity index (χ1) is 13.6. The van der Waals surface area contributed by atoms with Crippen LogP contribution in [-0.2, 0) is 17.6 Å². The standard InChI is InChI=1S/C24H29NO3/c1-3-21-24(26)23-19-13-11-18(28-4-2)15-17(19)10-12-20(23)22(25(21)27)14-16-8-6-5-7-9-16/h5-9,11,13,15,20-23,25H,3-4,10,12,14H2,1-2H3. The average Bonchev–Trinajstić information content (AvgIpc) is 2.72. The average molecular weight is 380 g/mol. The highest BCUT2D eigenvalue weighted by atomic mass is 16.5. The zero-order valence-electron chi connectivity index (χ0n) is 16.7. The van der Waals surface area contributed by atoms with Crippen LogP contribution in [0.3, 0.4) is 0 Å². The van der Waals surface area contributed by atoms with Crippen LogP contribution in [0.4, 0.5) is 0 Å². The Morgan fingerprint density at radius 2 is 1.93 bits per heavy atom. The fraction of sp³-hybridized carbons (Fsp3) is 0.458. The van der Waals surface area contributed by atoms with Crippen LogP contribution in [0.1, 0.15) is 49.3 Å². The number of benzene rings is 2. The van der Waals surface area contributed by atoms with Crippen molar-refractivity contribution in [2.45, 2.75) is 57.5 Å². The maximum absolute atomic E-state index is 13.3. The Morgan fingerprint density at radius 3 is 2.64 bits per heavy atom. The summed E-state index contributed by atoms with van der Waals surface area (Å²) in [5.74, 6) is 0.947. The van der Waals surface area contributed by atoms with Gasteiger partial charge in [-0.1, -0.05) is 43.3 Å². The van der Waals surface area contributed by atoms with Gasteiger partial charge in [-0.3, -0.25) is 4.79 Å². The van der Waals surface area contributed by atoms with E-state index in [4.69, 9.17) is 4.74 Å². The van der Waals surface area contributed by atoms with E-state index >= 15 is 0 Å². The van der Waals surface area contributed by atoms with Gasteiger partial charge < -0.3 is 15.0 Å². The summed E-state index contributed by atoms with van der Waals surface area (Å²) in [5.41, 5.74) is 3.51. The quantitative estimate of drug-likeness (QED) is 0.813. The molecular weight excluding hydrogens is 350 g/mol. The van der Waals surface area contributed by atoms with Crippen LogP contribution < -0.4 is 9.80 Å². The Bertz CT molecular complexity index is 835. The molecule has 0 saturated carbocycles. The van der Waals surface area contributed by atoms with Gasteiger partial charge in [0.15, 0.2) is 5.78 Å². The van der Waals surface area contributed by atoms with E-state index in [2.05, 4.69) is 24.3 Å². The van der Waals surface area contributed by atoms with Gasteiger partial charge in [-0.15, -0.1) is 0 Å². The second-order valence-electron chi connectivity index (χ2n) is 8.04. The molecule has 0 spiro atoms. The third-order valence-electron chi connectivity index (χ3n) is 6.52. The van der Waals surface area contributed by atoms with Crippen LogP contribution in [0.25, 0.3) is 0 Å². The van der Waals surface area contributed by atoms with E-state index in [-0.39, 0.29) is 28.7 Å². The summed E-state index contributed by atoms with van der Waals surface area (Å²) in [6.07, 6.45) is 3.12. The molecule has 4 rings (SSSR count). The highest BCUT2D eigenvalue weighted by Gasteiger charge is 2.50. The smallest absolute Gasteiger partial charge is 0.198 e.